The number of nitrogens with one attached hydrogen (secondary N) is 1. The number of hydrogen-bond acceptors (Lipinski definition) is 2. The van der Waals surface area contributed by atoms with E-state index in [0.717, 1.165) is 11.3 Å². The molecule has 0 radical (unpaired) electrons. The Morgan fingerprint density at radius 1 is 0.880 bits per heavy atom. The molecular weight excluding hydrogens is 308 g/mol. The number of carbonyl (C=O) groups excluding carboxylic acids is 1. The number of carbonyl (C=O) groups is 1. The van der Waals surface area contributed by atoms with E-state index in [0.29, 0.717) is 19.1 Å². The molecule has 0 spiro atoms. The van der Waals surface area contributed by atoms with Gasteiger partial charge in [-0.2, -0.15) is 0 Å². The van der Waals surface area contributed by atoms with Crippen LogP contribution in [0.25, 0.3) is 0 Å². The molecule has 25 heavy (non-hydrogen) atoms. The van der Waals surface area contributed by atoms with E-state index in [4.69, 9.17) is 0 Å². The molecule has 2 aromatic carbocycles. The number of para-hydroxylation sites is 1. The van der Waals surface area contributed by atoms with Crippen LogP contribution in [0, 0.1) is 0 Å². The van der Waals surface area contributed by atoms with Crippen molar-refractivity contribution in [1.29, 1.82) is 0 Å². The number of amides is 1. The summed E-state index contributed by atoms with van der Waals surface area (Å²) in [6.45, 7) is 1.02. The summed E-state index contributed by atoms with van der Waals surface area (Å²) in [6.07, 6.45) is 7.59. The van der Waals surface area contributed by atoms with E-state index in [1.54, 1.807) is 0 Å². The number of hydrogen-bond donors (Lipinski definition) is 1. The van der Waals surface area contributed by atoms with Gasteiger partial charge in [-0.05, 0) is 30.5 Å². The van der Waals surface area contributed by atoms with Gasteiger partial charge in [0.15, 0.2) is 0 Å². The number of benzene rings is 2. The van der Waals surface area contributed by atoms with Crippen molar-refractivity contribution in [2.24, 2.45) is 0 Å². The lowest BCUT2D eigenvalue weighted by molar-refractivity contribution is -0.118. The number of nitrogens with zero attached hydrogens (tertiary/aromatic N) is 1. The van der Waals surface area contributed by atoms with Crippen LogP contribution in [-0.2, 0) is 11.3 Å². The molecular formula is C22H28N2O. The fourth-order valence-electron chi connectivity index (χ4n) is 3.51. The van der Waals surface area contributed by atoms with E-state index in [1.807, 2.05) is 53.4 Å². The van der Waals surface area contributed by atoms with E-state index in [9.17, 15) is 4.79 Å². The van der Waals surface area contributed by atoms with Crippen molar-refractivity contribution in [1.82, 2.24) is 5.32 Å². The highest BCUT2D eigenvalue weighted by Gasteiger charge is 2.18. The van der Waals surface area contributed by atoms with Crippen LogP contribution in [0.1, 0.15) is 44.1 Å². The predicted molar refractivity (Wildman–Crippen MR) is 104 cm³/mol. The predicted octanol–water partition coefficient (Wildman–Crippen LogP) is 4.53. The highest BCUT2D eigenvalue weighted by atomic mass is 16.2. The van der Waals surface area contributed by atoms with E-state index in [-0.39, 0.29) is 5.91 Å². The Bertz CT molecular complexity index is 634. The molecule has 0 saturated heterocycles. The molecule has 132 valence electrons. The van der Waals surface area contributed by atoms with Gasteiger partial charge in [-0.15, -0.1) is 0 Å². The normalized spacial score (nSPS) is 15.5. The molecule has 1 aliphatic rings. The zero-order valence-electron chi connectivity index (χ0n) is 14.9. The molecule has 0 aromatic heterocycles. The second kappa shape index (κ2) is 9.38. The quantitative estimate of drug-likeness (QED) is 0.786. The molecule has 1 aliphatic carbocycles. The first-order valence-corrected chi connectivity index (χ1v) is 9.45. The minimum absolute atomic E-state index is 0.138. The summed E-state index contributed by atoms with van der Waals surface area (Å²) in [5.74, 6) is 0.138. The summed E-state index contributed by atoms with van der Waals surface area (Å²) in [6, 6.07) is 20.6. The second-order valence-electron chi connectivity index (χ2n) is 6.87. The Labute approximate surface area is 151 Å². The summed E-state index contributed by atoms with van der Waals surface area (Å²) < 4.78 is 0. The lowest BCUT2D eigenvalue weighted by atomic mass is 10.1. The molecule has 0 unspecified atom stereocenters. The Kier molecular flexibility index (Phi) is 6.63. The minimum Gasteiger partial charge on any atom is -0.307 e. The van der Waals surface area contributed by atoms with E-state index < -0.39 is 0 Å². The van der Waals surface area contributed by atoms with E-state index >= 15 is 0 Å². The Morgan fingerprint density at radius 2 is 1.48 bits per heavy atom. The van der Waals surface area contributed by atoms with Gasteiger partial charge < -0.3 is 10.2 Å². The lowest BCUT2D eigenvalue weighted by Crippen LogP contribution is -2.41. The average Bonchev–Trinajstić information content (AvgIpc) is 2.94. The van der Waals surface area contributed by atoms with Crippen molar-refractivity contribution in [3.63, 3.8) is 0 Å². The van der Waals surface area contributed by atoms with Crippen LogP contribution in [0.5, 0.6) is 0 Å². The maximum Gasteiger partial charge on any atom is 0.241 e. The molecule has 0 bridgehead atoms. The van der Waals surface area contributed by atoms with Gasteiger partial charge in [-0.3, -0.25) is 4.79 Å². The summed E-state index contributed by atoms with van der Waals surface area (Å²) in [7, 11) is 0. The third kappa shape index (κ3) is 5.43. The van der Waals surface area contributed by atoms with Gasteiger partial charge in [-0.1, -0.05) is 74.2 Å². The maximum atomic E-state index is 12.9. The Hall–Kier alpha value is -2.13. The van der Waals surface area contributed by atoms with Crippen molar-refractivity contribution < 1.29 is 4.79 Å². The Balaban J connectivity index is 1.66. The molecule has 1 saturated carbocycles. The van der Waals surface area contributed by atoms with Gasteiger partial charge in [-0.25, -0.2) is 0 Å². The fraction of sp³-hybridized carbons (Fsp3) is 0.409. The van der Waals surface area contributed by atoms with Crippen LogP contribution in [0.3, 0.4) is 0 Å². The van der Waals surface area contributed by atoms with Gasteiger partial charge in [0, 0.05) is 11.7 Å². The molecule has 2 aromatic rings. The minimum atomic E-state index is 0.138. The topological polar surface area (TPSA) is 32.3 Å². The van der Waals surface area contributed by atoms with Crippen molar-refractivity contribution in [3.8, 4) is 0 Å². The standard InChI is InChI=1S/C22H28N2O/c25-22(17-23-20-13-7-1-2-8-14-20)24(21-15-9-4-10-16-21)18-19-11-5-3-6-12-19/h3-6,9-12,15-16,20,23H,1-2,7-8,13-14,17-18H2. The first-order valence-electron chi connectivity index (χ1n) is 9.45. The molecule has 0 aliphatic heterocycles. The van der Waals surface area contributed by atoms with E-state index in [2.05, 4.69) is 17.4 Å². The molecule has 3 heteroatoms. The first kappa shape index (κ1) is 17.7. The smallest absolute Gasteiger partial charge is 0.241 e. The van der Waals surface area contributed by atoms with Crippen LogP contribution in [0.2, 0.25) is 0 Å². The second-order valence-corrected chi connectivity index (χ2v) is 6.87. The molecule has 0 heterocycles. The number of rotatable bonds is 6. The number of anilines is 1. The molecule has 1 amide bonds. The fourth-order valence-corrected chi connectivity index (χ4v) is 3.51. The third-order valence-corrected chi connectivity index (χ3v) is 4.95. The molecule has 1 N–H and O–H groups in total. The molecule has 0 atom stereocenters. The average molecular weight is 336 g/mol. The van der Waals surface area contributed by atoms with Crippen LogP contribution in [-0.4, -0.2) is 18.5 Å². The van der Waals surface area contributed by atoms with Crippen LogP contribution >= 0.6 is 0 Å². The monoisotopic (exact) mass is 336 g/mol. The van der Waals surface area contributed by atoms with Gasteiger partial charge in [0.25, 0.3) is 0 Å². The highest BCUT2D eigenvalue weighted by molar-refractivity contribution is 5.94. The zero-order valence-corrected chi connectivity index (χ0v) is 14.9. The van der Waals surface area contributed by atoms with Gasteiger partial charge in [0.2, 0.25) is 5.91 Å². The zero-order chi connectivity index (χ0) is 17.3. The third-order valence-electron chi connectivity index (χ3n) is 4.95. The Morgan fingerprint density at radius 3 is 2.12 bits per heavy atom. The molecule has 1 fully saturated rings. The van der Waals surface area contributed by atoms with Crippen molar-refractivity contribution >= 4 is 11.6 Å². The van der Waals surface area contributed by atoms with Crippen LogP contribution < -0.4 is 10.2 Å². The maximum absolute atomic E-state index is 12.9. The van der Waals surface area contributed by atoms with Crippen LogP contribution in [0.15, 0.2) is 60.7 Å². The van der Waals surface area contributed by atoms with Crippen molar-refractivity contribution in [2.75, 3.05) is 11.4 Å². The highest BCUT2D eigenvalue weighted by Crippen LogP contribution is 2.19. The summed E-state index contributed by atoms with van der Waals surface area (Å²) in [4.78, 5) is 14.8. The summed E-state index contributed by atoms with van der Waals surface area (Å²) in [5.41, 5.74) is 2.10. The van der Waals surface area contributed by atoms with Crippen molar-refractivity contribution in [3.05, 3.63) is 66.2 Å². The SMILES string of the molecule is O=C(CNC1CCCCCC1)N(Cc1ccccc1)c1ccccc1. The molecule has 3 rings (SSSR count). The largest absolute Gasteiger partial charge is 0.307 e. The van der Waals surface area contributed by atoms with Crippen LogP contribution in [0.4, 0.5) is 5.69 Å². The lowest BCUT2D eigenvalue weighted by Gasteiger charge is -2.25. The summed E-state index contributed by atoms with van der Waals surface area (Å²) >= 11 is 0. The first-order chi connectivity index (χ1) is 12.3. The molecule has 3 nitrogen and oxygen atoms in total. The summed E-state index contributed by atoms with van der Waals surface area (Å²) in [5, 5.41) is 3.51. The van der Waals surface area contributed by atoms with E-state index in [1.165, 1.54) is 38.5 Å². The van der Waals surface area contributed by atoms with Gasteiger partial charge >= 0.3 is 0 Å². The van der Waals surface area contributed by atoms with Gasteiger partial charge in [0.1, 0.15) is 0 Å². The van der Waals surface area contributed by atoms with Crippen molar-refractivity contribution in [2.45, 2.75) is 51.1 Å². The van der Waals surface area contributed by atoms with Gasteiger partial charge in [0.05, 0.1) is 13.1 Å².